The first kappa shape index (κ1) is 8.97. The number of benzene rings is 1. The Morgan fingerprint density at radius 2 is 1.93 bits per heavy atom. The summed E-state index contributed by atoms with van der Waals surface area (Å²) in [4.78, 5) is 0. The summed E-state index contributed by atoms with van der Waals surface area (Å²) in [5.74, 6) is 0. The molecule has 14 heavy (non-hydrogen) atoms. The summed E-state index contributed by atoms with van der Waals surface area (Å²) in [6, 6.07) is 7.81. The maximum absolute atomic E-state index is 9.33. The van der Waals surface area contributed by atoms with E-state index in [-0.39, 0.29) is 0 Å². The van der Waals surface area contributed by atoms with Crippen LogP contribution in [0.5, 0.6) is 0 Å². The zero-order valence-electron chi connectivity index (χ0n) is 7.94. The summed E-state index contributed by atoms with van der Waals surface area (Å²) in [6.45, 7) is 1.76. The quantitative estimate of drug-likeness (QED) is 0.758. The van der Waals surface area contributed by atoms with E-state index in [9.17, 15) is 5.11 Å². The summed E-state index contributed by atoms with van der Waals surface area (Å²) in [5.41, 5.74) is 3.09. The minimum Gasteiger partial charge on any atom is -0.389 e. The Kier molecular flexibility index (Phi) is 2.33. The molecular weight excluding hydrogens is 176 g/mol. The van der Waals surface area contributed by atoms with Crippen molar-refractivity contribution in [3.63, 3.8) is 0 Å². The molecule has 0 saturated carbocycles. The van der Waals surface area contributed by atoms with Crippen LogP contribution in [0, 0.1) is 0 Å². The van der Waals surface area contributed by atoms with Crippen LogP contribution in [0.1, 0.15) is 18.6 Å². The third kappa shape index (κ3) is 1.67. The van der Waals surface area contributed by atoms with Gasteiger partial charge in [0.1, 0.15) is 0 Å². The molecule has 1 unspecified atom stereocenters. The average Bonchev–Trinajstić information content (AvgIpc) is 2.71. The number of nitrogens with one attached hydrogen (secondary N) is 1. The average molecular weight is 188 g/mol. The smallest absolute Gasteiger partial charge is 0.0761 e. The lowest BCUT2D eigenvalue weighted by atomic mass is 10.1. The summed E-state index contributed by atoms with van der Waals surface area (Å²) in [5, 5.41) is 16.0. The second kappa shape index (κ2) is 3.64. The molecule has 3 heteroatoms. The number of hydrogen-bond acceptors (Lipinski definition) is 2. The standard InChI is InChI=1S/C11H12N2O/c1-8(14)9-2-4-10(5-3-9)11-6-12-13-7-11/h2-8,14H,1H3,(H,12,13). The number of aromatic amines is 1. The van der Waals surface area contributed by atoms with Crippen molar-refractivity contribution >= 4 is 0 Å². The van der Waals surface area contributed by atoms with E-state index in [4.69, 9.17) is 0 Å². The van der Waals surface area contributed by atoms with Gasteiger partial charge in [0.15, 0.2) is 0 Å². The number of rotatable bonds is 2. The fourth-order valence-corrected chi connectivity index (χ4v) is 1.36. The molecule has 1 aromatic carbocycles. The normalized spacial score (nSPS) is 12.7. The molecule has 1 atom stereocenters. The van der Waals surface area contributed by atoms with Crippen molar-refractivity contribution in [3.05, 3.63) is 42.2 Å². The van der Waals surface area contributed by atoms with Crippen LogP contribution in [0.3, 0.4) is 0 Å². The summed E-state index contributed by atoms with van der Waals surface area (Å²) >= 11 is 0. The molecule has 0 fully saturated rings. The lowest BCUT2D eigenvalue weighted by Gasteiger charge is -2.04. The maximum atomic E-state index is 9.33. The number of nitrogens with zero attached hydrogens (tertiary/aromatic N) is 1. The summed E-state index contributed by atoms with van der Waals surface area (Å²) < 4.78 is 0. The monoisotopic (exact) mass is 188 g/mol. The highest BCUT2D eigenvalue weighted by molar-refractivity contribution is 5.61. The van der Waals surface area contributed by atoms with Gasteiger partial charge in [-0.25, -0.2) is 0 Å². The van der Waals surface area contributed by atoms with Gasteiger partial charge in [0.25, 0.3) is 0 Å². The van der Waals surface area contributed by atoms with E-state index in [0.717, 1.165) is 16.7 Å². The van der Waals surface area contributed by atoms with E-state index >= 15 is 0 Å². The van der Waals surface area contributed by atoms with Gasteiger partial charge in [-0.05, 0) is 18.1 Å². The van der Waals surface area contributed by atoms with E-state index in [1.807, 2.05) is 30.5 Å². The second-order valence-corrected chi connectivity index (χ2v) is 3.28. The van der Waals surface area contributed by atoms with Gasteiger partial charge in [-0.3, -0.25) is 5.10 Å². The van der Waals surface area contributed by atoms with Crippen LogP contribution in [0.2, 0.25) is 0 Å². The molecule has 1 aromatic heterocycles. The molecule has 0 aliphatic heterocycles. The Bertz CT molecular complexity index is 390. The highest BCUT2D eigenvalue weighted by atomic mass is 16.3. The number of hydrogen-bond donors (Lipinski definition) is 2. The number of aliphatic hydroxyl groups is 1. The zero-order chi connectivity index (χ0) is 9.97. The van der Waals surface area contributed by atoms with Gasteiger partial charge < -0.3 is 5.11 Å². The lowest BCUT2D eigenvalue weighted by molar-refractivity contribution is 0.199. The molecule has 3 nitrogen and oxygen atoms in total. The lowest BCUT2D eigenvalue weighted by Crippen LogP contribution is -1.89. The van der Waals surface area contributed by atoms with E-state index in [0.29, 0.717) is 0 Å². The molecule has 2 N–H and O–H groups in total. The van der Waals surface area contributed by atoms with Crippen LogP contribution in [-0.4, -0.2) is 15.3 Å². The van der Waals surface area contributed by atoms with Crippen molar-refractivity contribution in [2.75, 3.05) is 0 Å². The Hall–Kier alpha value is -1.61. The maximum Gasteiger partial charge on any atom is 0.0761 e. The molecular formula is C11H12N2O. The van der Waals surface area contributed by atoms with Gasteiger partial charge >= 0.3 is 0 Å². The molecule has 72 valence electrons. The van der Waals surface area contributed by atoms with E-state index < -0.39 is 6.10 Å². The zero-order valence-corrected chi connectivity index (χ0v) is 7.94. The largest absolute Gasteiger partial charge is 0.389 e. The molecule has 2 rings (SSSR count). The fourth-order valence-electron chi connectivity index (χ4n) is 1.36. The molecule has 0 radical (unpaired) electrons. The molecule has 0 aliphatic rings. The summed E-state index contributed by atoms with van der Waals surface area (Å²) in [6.07, 6.45) is 3.21. The minimum absolute atomic E-state index is 0.409. The molecule has 2 aromatic rings. The second-order valence-electron chi connectivity index (χ2n) is 3.28. The Labute approximate surface area is 82.4 Å². The molecule has 0 amide bonds. The van der Waals surface area contributed by atoms with Gasteiger partial charge in [-0.1, -0.05) is 24.3 Å². The van der Waals surface area contributed by atoms with Crippen LogP contribution < -0.4 is 0 Å². The number of H-pyrrole nitrogens is 1. The fraction of sp³-hybridized carbons (Fsp3) is 0.182. The molecule has 0 saturated heterocycles. The highest BCUT2D eigenvalue weighted by Crippen LogP contribution is 2.20. The van der Waals surface area contributed by atoms with Gasteiger partial charge in [0.05, 0.1) is 12.3 Å². The van der Waals surface area contributed by atoms with Gasteiger partial charge in [0, 0.05) is 11.8 Å². The third-order valence-corrected chi connectivity index (χ3v) is 2.22. The third-order valence-electron chi connectivity index (χ3n) is 2.22. The van der Waals surface area contributed by atoms with E-state index in [2.05, 4.69) is 10.2 Å². The van der Waals surface area contributed by atoms with Crippen molar-refractivity contribution in [1.82, 2.24) is 10.2 Å². The first-order valence-electron chi connectivity index (χ1n) is 4.54. The molecule has 0 bridgehead atoms. The SMILES string of the molecule is CC(O)c1ccc(-c2cn[nH]c2)cc1. The van der Waals surface area contributed by atoms with Crippen molar-refractivity contribution in [2.24, 2.45) is 0 Å². The van der Waals surface area contributed by atoms with Crippen LogP contribution >= 0.6 is 0 Å². The van der Waals surface area contributed by atoms with E-state index in [1.165, 1.54) is 0 Å². The highest BCUT2D eigenvalue weighted by Gasteiger charge is 2.01. The van der Waals surface area contributed by atoms with Crippen LogP contribution in [0.25, 0.3) is 11.1 Å². The minimum atomic E-state index is -0.409. The molecule has 0 aliphatic carbocycles. The van der Waals surface area contributed by atoms with Crippen molar-refractivity contribution in [2.45, 2.75) is 13.0 Å². The van der Waals surface area contributed by atoms with Crippen molar-refractivity contribution < 1.29 is 5.11 Å². The van der Waals surface area contributed by atoms with Crippen molar-refractivity contribution in [3.8, 4) is 11.1 Å². The Morgan fingerprint density at radius 1 is 1.21 bits per heavy atom. The predicted molar refractivity (Wildman–Crippen MR) is 54.7 cm³/mol. The number of aliphatic hydroxyl groups excluding tert-OH is 1. The summed E-state index contributed by atoms with van der Waals surface area (Å²) in [7, 11) is 0. The van der Waals surface area contributed by atoms with Crippen LogP contribution in [0.15, 0.2) is 36.7 Å². The first-order valence-corrected chi connectivity index (χ1v) is 4.54. The van der Waals surface area contributed by atoms with Crippen LogP contribution in [0.4, 0.5) is 0 Å². The van der Waals surface area contributed by atoms with Crippen LogP contribution in [-0.2, 0) is 0 Å². The topological polar surface area (TPSA) is 48.9 Å². The molecule has 1 heterocycles. The van der Waals surface area contributed by atoms with Gasteiger partial charge in [-0.15, -0.1) is 0 Å². The van der Waals surface area contributed by atoms with Gasteiger partial charge in [0.2, 0.25) is 0 Å². The first-order chi connectivity index (χ1) is 6.77. The van der Waals surface area contributed by atoms with Crippen molar-refractivity contribution in [1.29, 1.82) is 0 Å². The Morgan fingerprint density at radius 3 is 2.43 bits per heavy atom. The molecule has 0 spiro atoms. The Balaban J connectivity index is 2.31. The van der Waals surface area contributed by atoms with Gasteiger partial charge in [-0.2, -0.15) is 5.10 Å². The van der Waals surface area contributed by atoms with E-state index in [1.54, 1.807) is 13.1 Å². The number of aromatic nitrogens is 2. The predicted octanol–water partition coefficient (Wildman–Crippen LogP) is 2.13.